The Morgan fingerprint density at radius 2 is 1.94 bits per heavy atom. The topological polar surface area (TPSA) is 106 Å². The van der Waals surface area contributed by atoms with Crippen LogP contribution >= 0.6 is 12.6 Å². The predicted octanol–water partition coefficient (Wildman–Crippen LogP) is 3.83. The number of aliphatic hydroxyl groups excluding tert-OH is 1. The van der Waals surface area contributed by atoms with Gasteiger partial charge in [0.1, 0.15) is 17.5 Å². The third-order valence-electron chi connectivity index (χ3n) is 8.08. The summed E-state index contributed by atoms with van der Waals surface area (Å²) in [5.74, 6) is 3.37. The number of anilines is 2. The van der Waals surface area contributed by atoms with E-state index in [0.717, 1.165) is 35.9 Å². The van der Waals surface area contributed by atoms with Gasteiger partial charge in [0.05, 0.1) is 6.20 Å². The number of rotatable bonds is 10. The Hall–Kier alpha value is -2.34. The van der Waals surface area contributed by atoms with Crippen LogP contribution in [0.25, 0.3) is 0 Å². The fourth-order valence-corrected chi connectivity index (χ4v) is 7.12. The molecule has 7 nitrogen and oxygen atoms in total. The molecule has 4 saturated carbocycles. The van der Waals surface area contributed by atoms with Gasteiger partial charge < -0.3 is 21.1 Å². The van der Waals surface area contributed by atoms with E-state index in [-0.39, 0.29) is 12.0 Å². The molecule has 8 heteroatoms. The molecule has 180 valence electrons. The number of thiol groups is 1. The molecule has 1 aromatic heterocycles. The molecule has 4 aliphatic carbocycles. The quantitative estimate of drug-likeness (QED) is 0.261. The van der Waals surface area contributed by atoms with E-state index < -0.39 is 0 Å². The van der Waals surface area contributed by atoms with Crippen molar-refractivity contribution in [1.29, 1.82) is 5.26 Å². The van der Waals surface area contributed by atoms with Crippen LogP contribution in [0.15, 0.2) is 35.4 Å². The van der Waals surface area contributed by atoms with Gasteiger partial charge in [0.2, 0.25) is 5.95 Å². The molecular weight excluding hydrogens is 444 g/mol. The normalized spacial score (nSPS) is 29.1. The van der Waals surface area contributed by atoms with Crippen LogP contribution in [0, 0.1) is 34.5 Å². The van der Waals surface area contributed by atoms with E-state index in [9.17, 15) is 5.26 Å². The van der Waals surface area contributed by atoms with Crippen molar-refractivity contribution in [2.45, 2.75) is 56.0 Å². The highest BCUT2D eigenvalue weighted by Gasteiger charge is 2.54. The minimum atomic E-state index is 0.254. The van der Waals surface area contributed by atoms with Crippen molar-refractivity contribution in [2.24, 2.45) is 23.2 Å². The molecule has 0 radical (unpaired) electrons. The molecule has 0 saturated heterocycles. The van der Waals surface area contributed by atoms with E-state index in [0.29, 0.717) is 41.8 Å². The fraction of sp³-hybridized carbons (Fsp3) is 0.577. The van der Waals surface area contributed by atoms with Gasteiger partial charge in [-0.15, -0.1) is 12.6 Å². The molecule has 5 atom stereocenters. The number of nitrogens with one attached hydrogen (secondary N) is 3. The Labute approximate surface area is 207 Å². The van der Waals surface area contributed by atoms with Gasteiger partial charge in [-0.05, 0) is 79.9 Å². The van der Waals surface area contributed by atoms with E-state index >= 15 is 0 Å². The van der Waals surface area contributed by atoms with Gasteiger partial charge in [0.15, 0.2) is 0 Å². The van der Waals surface area contributed by atoms with Crippen molar-refractivity contribution in [2.75, 3.05) is 30.3 Å². The highest BCUT2D eigenvalue weighted by molar-refractivity contribution is 7.80. The summed E-state index contributed by atoms with van der Waals surface area (Å²) in [4.78, 5) is 9.92. The second-order valence-corrected chi connectivity index (χ2v) is 10.9. The fourth-order valence-electron chi connectivity index (χ4n) is 6.88. The molecule has 4 aliphatic rings. The van der Waals surface area contributed by atoms with Gasteiger partial charge in [-0.2, -0.15) is 10.2 Å². The number of hydrogen-bond acceptors (Lipinski definition) is 8. The zero-order chi connectivity index (χ0) is 23.5. The SMILES string of the molecule is N#Cc1cnc(NCc2ccccc2S)nc1NCC12CC3C[C@H](C1)C(NCCCO)[C@@H](C3)C2. The number of hydrogen-bond donors (Lipinski definition) is 5. The monoisotopic (exact) mass is 478 g/mol. The Bertz CT molecular complexity index is 1040. The first kappa shape index (κ1) is 23.4. The lowest BCUT2D eigenvalue weighted by Crippen LogP contribution is -2.59. The molecule has 1 aromatic carbocycles. The van der Waals surface area contributed by atoms with E-state index in [4.69, 9.17) is 5.11 Å². The number of aromatic nitrogens is 2. The van der Waals surface area contributed by atoms with Crippen LogP contribution in [0.4, 0.5) is 11.8 Å². The average Bonchev–Trinajstić information content (AvgIpc) is 2.84. The molecule has 34 heavy (non-hydrogen) atoms. The molecule has 4 N–H and O–H groups in total. The number of benzene rings is 1. The third kappa shape index (κ3) is 4.88. The first-order valence-electron chi connectivity index (χ1n) is 12.4. The summed E-state index contributed by atoms with van der Waals surface area (Å²) in [5.41, 5.74) is 1.83. The minimum Gasteiger partial charge on any atom is -0.396 e. The van der Waals surface area contributed by atoms with E-state index in [1.165, 1.54) is 32.1 Å². The first-order chi connectivity index (χ1) is 16.6. The molecule has 2 aromatic rings. The Morgan fingerprint density at radius 3 is 2.68 bits per heavy atom. The van der Waals surface area contributed by atoms with Crippen molar-refractivity contribution < 1.29 is 5.11 Å². The Balaban J connectivity index is 1.25. The van der Waals surface area contributed by atoms with Gasteiger partial charge in [-0.3, -0.25) is 0 Å². The Kier molecular flexibility index (Phi) is 6.96. The smallest absolute Gasteiger partial charge is 0.224 e. The molecule has 0 amide bonds. The summed E-state index contributed by atoms with van der Waals surface area (Å²) in [7, 11) is 0. The molecule has 4 fully saturated rings. The number of aliphatic hydroxyl groups is 1. The number of nitriles is 1. The molecular formula is C26H34N6OS. The maximum atomic E-state index is 9.63. The highest BCUT2D eigenvalue weighted by atomic mass is 32.1. The van der Waals surface area contributed by atoms with Gasteiger partial charge in [0, 0.05) is 30.6 Å². The van der Waals surface area contributed by atoms with Crippen molar-refractivity contribution in [3.8, 4) is 6.07 Å². The lowest BCUT2D eigenvalue weighted by Gasteiger charge is -2.60. The zero-order valence-corrected chi connectivity index (χ0v) is 20.4. The third-order valence-corrected chi connectivity index (χ3v) is 8.52. The van der Waals surface area contributed by atoms with Crippen molar-refractivity contribution in [1.82, 2.24) is 15.3 Å². The van der Waals surface area contributed by atoms with Crippen LogP contribution in [0.2, 0.25) is 0 Å². The predicted molar refractivity (Wildman–Crippen MR) is 136 cm³/mol. The van der Waals surface area contributed by atoms with E-state index in [1.807, 2.05) is 24.3 Å². The van der Waals surface area contributed by atoms with Crippen LogP contribution in [0.5, 0.6) is 0 Å². The van der Waals surface area contributed by atoms with Crippen LogP contribution < -0.4 is 16.0 Å². The van der Waals surface area contributed by atoms with Gasteiger partial charge >= 0.3 is 0 Å². The molecule has 0 spiro atoms. The maximum absolute atomic E-state index is 9.63. The molecule has 3 unspecified atom stereocenters. The second kappa shape index (κ2) is 10.1. The Morgan fingerprint density at radius 1 is 1.15 bits per heavy atom. The summed E-state index contributed by atoms with van der Waals surface area (Å²) in [6.45, 7) is 2.59. The summed E-state index contributed by atoms with van der Waals surface area (Å²) < 4.78 is 0. The maximum Gasteiger partial charge on any atom is 0.224 e. The zero-order valence-electron chi connectivity index (χ0n) is 19.5. The summed E-state index contributed by atoms with van der Waals surface area (Å²) in [6.07, 6.45) is 8.80. The van der Waals surface area contributed by atoms with Crippen LogP contribution in [-0.2, 0) is 6.54 Å². The van der Waals surface area contributed by atoms with E-state index in [1.54, 1.807) is 6.20 Å². The van der Waals surface area contributed by atoms with Crippen molar-refractivity contribution in [3.05, 3.63) is 41.6 Å². The van der Waals surface area contributed by atoms with Crippen LogP contribution in [0.3, 0.4) is 0 Å². The van der Waals surface area contributed by atoms with Crippen molar-refractivity contribution in [3.63, 3.8) is 0 Å². The summed E-state index contributed by atoms with van der Waals surface area (Å²) in [5, 5.41) is 29.4. The molecule has 6 rings (SSSR count). The lowest BCUT2D eigenvalue weighted by atomic mass is 9.48. The molecule has 1 heterocycles. The van der Waals surface area contributed by atoms with Crippen LogP contribution in [0.1, 0.15) is 49.7 Å². The first-order valence-corrected chi connectivity index (χ1v) is 12.9. The van der Waals surface area contributed by atoms with Gasteiger partial charge in [-0.25, -0.2) is 4.98 Å². The van der Waals surface area contributed by atoms with E-state index in [2.05, 4.69) is 44.6 Å². The largest absolute Gasteiger partial charge is 0.396 e. The van der Waals surface area contributed by atoms with Crippen LogP contribution in [-0.4, -0.2) is 40.8 Å². The average molecular weight is 479 g/mol. The van der Waals surface area contributed by atoms with Gasteiger partial charge in [-0.1, -0.05) is 18.2 Å². The van der Waals surface area contributed by atoms with Gasteiger partial charge in [0.25, 0.3) is 0 Å². The lowest BCUT2D eigenvalue weighted by molar-refractivity contribution is -0.0694. The molecule has 0 aliphatic heterocycles. The summed E-state index contributed by atoms with van der Waals surface area (Å²) in [6, 6.07) is 10.8. The van der Waals surface area contributed by atoms with Crippen molar-refractivity contribution >= 4 is 24.4 Å². The highest BCUT2D eigenvalue weighted by Crippen LogP contribution is 2.60. The second-order valence-electron chi connectivity index (χ2n) is 10.4. The minimum absolute atomic E-state index is 0.254. The number of nitrogens with zero attached hydrogens (tertiary/aromatic N) is 3. The summed E-state index contributed by atoms with van der Waals surface area (Å²) >= 11 is 4.51. The standard InChI is InChI=1S/C26H34N6OS/c27-13-21-15-30-25(29-14-18-4-1-2-5-22(18)34)32-24(21)31-16-26-10-17-8-19(11-26)23(20(9-17)12-26)28-6-3-7-33/h1-2,4-5,15,17,19-20,23,28,33-34H,3,6-12,14,16H2,(H2,29,30,31,32)/t17?,19-,20+,23?,26?. The molecule has 4 bridgehead atoms.